The second kappa shape index (κ2) is 10.9. The first-order chi connectivity index (χ1) is 24.3. The quantitative estimate of drug-likeness (QED) is 0.208. The number of rotatable bonds is 4. The summed E-state index contributed by atoms with van der Waals surface area (Å²) in [5.74, 6) is 1.63. The number of nitrogens with one attached hydrogen (secondary N) is 1. The lowest BCUT2D eigenvalue weighted by molar-refractivity contribution is 0.756. The van der Waals surface area contributed by atoms with E-state index in [9.17, 15) is 0 Å². The van der Waals surface area contributed by atoms with Crippen LogP contribution in [0.15, 0.2) is 186 Å². The molecule has 7 aromatic carbocycles. The minimum absolute atomic E-state index is 0.336. The zero-order valence-corrected chi connectivity index (χ0v) is 26.7. The van der Waals surface area contributed by atoms with Crippen LogP contribution in [0.4, 0.5) is 0 Å². The molecule has 2 aliphatic carbocycles. The first kappa shape index (κ1) is 27.8. The predicted molar refractivity (Wildman–Crippen MR) is 200 cm³/mol. The van der Waals surface area contributed by atoms with Gasteiger partial charge in [0.1, 0.15) is 11.7 Å². The average molecular weight is 626 g/mol. The highest BCUT2D eigenvalue weighted by Gasteiger charge is 2.51. The number of hydrogen-bond acceptors (Lipinski definition) is 3. The molecule has 49 heavy (non-hydrogen) atoms. The van der Waals surface area contributed by atoms with E-state index in [2.05, 4.69) is 145 Å². The summed E-state index contributed by atoms with van der Waals surface area (Å²) in [5.41, 5.74) is 15.7. The van der Waals surface area contributed by atoms with Crippen LogP contribution < -0.4 is 5.32 Å². The molecule has 1 heterocycles. The first-order valence-corrected chi connectivity index (χ1v) is 16.9. The topological polar surface area (TPSA) is 36.8 Å². The molecule has 0 fully saturated rings. The third-order valence-electron chi connectivity index (χ3n) is 10.4. The molecular weight excluding hydrogens is 595 g/mol. The first-order valence-electron chi connectivity index (χ1n) is 16.9. The van der Waals surface area contributed by atoms with Gasteiger partial charge in [-0.1, -0.05) is 164 Å². The minimum atomic E-state index is -0.369. The summed E-state index contributed by atoms with van der Waals surface area (Å²) < 4.78 is 0. The monoisotopic (exact) mass is 625 g/mol. The molecular formula is C46H31N3. The normalized spacial score (nSPS) is 16.1. The third-order valence-corrected chi connectivity index (χ3v) is 10.4. The van der Waals surface area contributed by atoms with Crippen molar-refractivity contribution >= 4 is 11.7 Å². The number of nitrogens with zero attached hydrogens (tertiary/aromatic N) is 2. The van der Waals surface area contributed by atoms with E-state index < -0.39 is 0 Å². The van der Waals surface area contributed by atoms with Gasteiger partial charge in [0, 0.05) is 11.1 Å². The summed E-state index contributed by atoms with van der Waals surface area (Å²) >= 11 is 0. The van der Waals surface area contributed by atoms with Crippen molar-refractivity contribution in [2.75, 3.05) is 0 Å². The molecule has 0 saturated carbocycles. The Morgan fingerprint density at radius 3 is 1.47 bits per heavy atom. The van der Waals surface area contributed by atoms with Gasteiger partial charge in [0.25, 0.3) is 0 Å². The fourth-order valence-electron chi connectivity index (χ4n) is 8.23. The van der Waals surface area contributed by atoms with Gasteiger partial charge < -0.3 is 5.32 Å². The Morgan fingerprint density at radius 1 is 0.367 bits per heavy atom. The Morgan fingerprint density at radius 2 is 0.837 bits per heavy atom. The molecule has 0 radical (unpaired) electrons. The van der Waals surface area contributed by atoms with Crippen LogP contribution >= 0.6 is 0 Å². The highest BCUT2D eigenvalue weighted by molar-refractivity contribution is 6.16. The van der Waals surface area contributed by atoms with Crippen molar-refractivity contribution < 1.29 is 0 Å². The standard InChI is InChI=1S/C46H31N3/c1-3-14-30(15-4-1)43-47-44(31-16-5-2-6-17-31)49-45(48-43)34-19-13-18-32(28-34)33-26-27-38-37-22-9-12-25-41(37)46(42(38)29-33)39-23-10-7-20-35(39)36-21-8-11-24-40(36)46/h1-29,43H,(H,47,48,49). The lowest BCUT2D eigenvalue weighted by Gasteiger charge is -2.30. The van der Waals surface area contributed by atoms with Gasteiger partial charge in [-0.2, -0.15) is 0 Å². The molecule has 0 amide bonds. The van der Waals surface area contributed by atoms with Gasteiger partial charge in [-0.15, -0.1) is 0 Å². The van der Waals surface area contributed by atoms with Crippen LogP contribution in [0.1, 0.15) is 45.1 Å². The van der Waals surface area contributed by atoms with Gasteiger partial charge >= 0.3 is 0 Å². The maximum atomic E-state index is 5.14. The van der Waals surface area contributed by atoms with Crippen LogP contribution in [-0.4, -0.2) is 11.7 Å². The molecule has 0 bridgehead atoms. The van der Waals surface area contributed by atoms with Crippen molar-refractivity contribution in [2.45, 2.75) is 11.6 Å². The van der Waals surface area contributed by atoms with E-state index in [0.29, 0.717) is 0 Å². The summed E-state index contributed by atoms with van der Waals surface area (Å²) in [6.07, 6.45) is -0.336. The molecule has 3 heteroatoms. The smallest absolute Gasteiger partial charge is 0.169 e. The number of aliphatic imine (C=N–C) groups is 2. The molecule has 3 nitrogen and oxygen atoms in total. The van der Waals surface area contributed by atoms with E-state index in [4.69, 9.17) is 9.98 Å². The van der Waals surface area contributed by atoms with Gasteiger partial charge in [-0.3, -0.25) is 0 Å². The summed E-state index contributed by atoms with van der Waals surface area (Å²) in [4.78, 5) is 10.2. The van der Waals surface area contributed by atoms with Gasteiger partial charge in [-0.05, 0) is 73.3 Å². The van der Waals surface area contributed by atoms with Crippen LogP contribution in [-0.2, 0) is 5.41 Å². The average Bonchev–Trinajstić information content (AvgIpc) is 3.66. The van der Waals surface area contributed by atoms with Crippen LogP contribution in [0.3, 0.4) is 0 Å². The Hall–Kier alpha value is -6.32. The number of hydrogen-bond donors (Lipinski definition) is 1. The van der Waals surface area contributed by atoms with Crippen LogP contribution in [0.2, 0.25) is 0 Å². The van der Waals surface area contributed by atoms with E-state index in [0.717, 1.165) is 33.9 Å². The maximum Gasteiger partial charge on any atom is 0.169 e. The van der Waals surface area contributed by atoms with Gasteiger partial charge in [0.15, 0.2) is 6.17 Å². The van der Waals surface area contributed by atoms with E-state index in [-0.39, 0.29) is 11.6 Å². The lowest BCUT2D eigenvalue weighted by atomic mass is 9.70. The molecule has 1 unspecified atom stereocenters. The number of fused-ring (bicyclic) bond motifs is 10. The molecule has 0 saturated heterocycles. The summed E-state index contributed by atoms with van der Waals surface area (Å²) in [5, 5.41) is 3.58. The maximum absolute atomic E-state index is 5.14. The fourth-order valence-corrected chi connectivity index (χ4v) is 8.23. The largest absolute Gasteiger partial charge is 0.324 e. The molecule has 1 spiro atoms. The Bertz CT molecular complexity index is 2410. The zero-order valence-electron chi connectivity index (χ0n) is 26.7. The second-order valence-corrected chi connectivity index (χ2v) is 13.0. The molecule has 0 aromatic heterocycles. The highest BCUT2D eigenvalue weighted by Crippen LogP contribution is 2.62. The molecule has 1 N–H and O–H groups in total. The predicted octanol–water partition coefficient (Wildman–Crippen LogP) is 10.2. The van der Waals surface area contributed by atoms with E-state index in [1.807, 2.05) is 36.4 Å². The van der Waals surface area contributed by atoms with Gasteiger partial charge in [0.2, 0.25) is 0 Å². The summed E-state index contributed by atoms with van der Waals surface area (Å²) in [6.45, 7) is 0. The molecule has 7 aromatic rings. The fraction of sp³-hybridized carbons (Fsp3) is 0.0435. The lowest BCUT2D eigenvalue weighted by Crippen LogP contribution is -2.36. The van der Waals surface area contributed by atoms with Gasteiger partial charge in [-0.25, -0.2) is 9.98 Å². The highest BCUT2D eigenvalue weighted by atomic mass is 15.2. The summed E-state index contributed by atoms with van der Waals surface area (Å²) in [6, 6.07) is 63.3. The Kier molecular flexibility index (Phi) is 6.16. The van der Waals surface area contributed by atoms with Crippen molar-refractivity contribution in [2.24, 2.45) is 9.98 Å². The van der Waals surface area contributed by atoms with Crippen molar-refractivity contribution in [1.82, 2.24) is 5.32 Å². The van der Waals surface area contributed by atoms with Crippen molar-refractivity contribution in [3.8, 4) is 33.4 Å². The molecule has 10 rings (SSSR count). The third kappa shape index (κ3) is 4.15. The molecule has 1 atom stereocenters. The number of benzene rings is 7. The molecule has 3 aliphatic rings. The molecule has 230 valence electrons. The Balaban J connectivity index is 1.12. The van der Waals surface area contributed by atoms with E-state index in [1.165, 1.54) is 50.1 Å². The van der Waals surface area contributed by atoms with E-state index in [1.54, 1.807) is 0 Å². The SMILES string of the molecule is c1ccc(C2=NC(c3ccccc3)N=C(c3cccc(-c4ccc5c(c4)C4(c6ccccc6-c6ccccc64)c4ccccc4-5)c3)N2)cc1. The van der Waals surface area contributed by atoms with Gasteiger partial charge in [0.05, 0.1) is 5.41 Å². The minimum Gasteiger partial charge on any atom is -0.324 e. The van der Waals surface area contributed by atoms with Crippen molar-refractivity contribution in [3.05, 3.63) is 215 Å². The zero-order chi connectivity index (χ0) is 32.4. The van der Waals surface area contributed by atoms with Crippen LogP contribution in [0, 0.1) is 0 Å². The Labute approximate surface area is 286 Å². The molecule has 1 aliphatic heterocycles. The second-order valence-electron chi connectivity index (χ2n) is 13.0. The van der Waals surface area contributed by atoms with E-state index >= 15 is 0 Å². The summed E-state index contributed by atoms with van der Waals surface area (Å²) in [7, 11) is 0. The van der Waals surface area contributed by atoms with Crippen LogP contribution in [0.5, 0.6) is 0 Å². The van der Waals surface area contributed by atoms with Crippen LogP contribution in [0.25, 0.3) is 33.4 Å². The number of amidine groups is 2. The van der Waals surface area contributed by atoms with Crippen molar-refractivity contribution in [3.63, 3.8) is 0 Å². The van der Waals surface area contributed by atoms with Crippen molar-refractivity contribution in [1.29, 1.82) is 0 Å².